The molecule has 0 fully saturated rings. The second kappa shape index (κ2) is 6.59. The number of nitrogens with zero attached hydrogens (tertiary/aromatic N) is 3. The van der Waals surface area contributed by atoms with Gasteiger partial charge < -0.3 is 15.2 Å². The first-order chi connectivity index (χ1) is 8.06. The molecule has 0 radical (unpaired) electrons. The molecule has 0 bridgehead atoms. The first kappa shape index (κ1) is 14.0. The molecule has 1 unspecified atom stereocenters. The fourth-order valence-corrected chi connectivity index (χ4v) is 1.88. The van der Waals surface area contributed by atoms with Gasteiger partial charge in [-0.3, -0.25) is 0 Å². The lowest BCUT2D eigenvalue weighted by atomic mass is 10.0. The first-order valence-electron chi connectivity index (χ1n) is 6.39. The Hall–Kier alpha value is -1.10. The average Bonchev–Trinajstić information content (AvgIpc) is 2.67. The Kier molecular flexibility index (Phi) is 5.41. The van der Waals surface area contributed by atoms with E-state index in [9.17, 15) is 0 Å². The molecule has 0 amide bonds. The van der Waals surface area contributed by atoms with Crippen molar-refractivity contribution in [2.75, 3.05) is 18.0 Å². The third kappa shape index (κ3) is 4.34. The lowest BCUT2D eigenvalue weighted by Gasteiger charge is -2.14. The highest BCUT2D eigenvalue weighted by atomic mass is 16.5. The maximum absolute atomic E-state index is 6.02. The van der Waals surface area contributed by atoms with Crippen molar-refractivity contribution in [2.45, 2.75) is 46.6 Å². The van der Waals surface area contributed by atoms with Gasteiger partial charge in [0.15, 0.2) is 0 Å². The van der Waals surface area contributed by atoms with Crippen molar-refractivity contribution >= 4 is 5.95 Å². The zero-order valence-electron chi connectivity index (χ0n) is 11.3. The van der Waals surface area contributed by atoms with Crippen LogP contribution in [0.15, 0.2) is 4.52 Å². The highest BCUT2D eigenvalue weighted by Gasteiger charge is 2.14. The topological polar surface area (TPSA) is 68.2 Å². The van der Waals surface area contributed by atoms with Crippen LogP contribution in [0.1, 0.15) is 40.0 Å². The van der Waals surface area contributed by atoms with Crippen LogP contribution in [0, 0.1) is 5.92 Å². The van der Waals surface area contributed by atoms with Gasteiger partial charge >= 0.3 is 0 Å². The molecule has 1 atom stereocenters. The lowest BCUT2D eigenvalue weighted by Crippen LogP contribution is -2.25. The van der Waals surface area contributed by atoms with Crippen LogP contribution in [0.5, 0.6) is 0 Å². The molecule has 0 aliphatic rings. The summed E-state index contributed by atoms with van der Waals surface area (Å²) in [5.41, 5.74) is 6.02. The van der Waals surface area contributed by atoms with E-state index in [0.29, 0.717) is 24.2 Å². The quantitative estimate of drug-likeness (QED) is 0.787. The van der Waals surface area contributed by atoms with E-state index in [4.69, 9.17) is 10.3 Å². The van der Waals surface area contributed by atoms with Crippen LogP contribution in [0.4, 0.5) is 5.95 Å². The minimum Gasteiger partial charge on any atom is -0.339 e. The maximum atomic E-state index is 6.02. The SMILES string of the molecule is CCN(CC)c1noc(CC(N)CC(C)C)n1. The van der Waals surface area contributed by atoms with E-state index in [2.05, 4.69) is 42.7 Å². The number of aromatic nitrogens is 2. The molecule has 0 aliphatic heterocycles. The number of hydrogen-bond acceptors (Lipinski definition) is 5. The van der Waals surface area contributed by atoms with Crippen molar-refractivity contribution in [2.24, 2.45) is 11.7 Å². The summed E-state index contributed by atoms with van der Waals surface area (Å²) in [6.07, 6.45) is 1.63. The Morgan fingerprint density at radius 3 is 2.47 bits per heavy atom. The largest absolute Gasteiger partial charge is 0.339 e. The van der Waals surface area contributed by atoms with Crippen molar-refractivity contribution in [1.29, 1.82) is 0 Å². The van der Waals surface area contributed by atoms with Gasteiger partial charge in [0.1, 0.15) is 0 Å². The molecule has 0 aromatic carbocycles. The third-order valence-corrected chi connectivity index (χ3v) is 2.71. The number of rotatable bonds is 7. The zero-order chi connectivity index (χ0) is 12.8. The second-order valence-corrected chi connectivity index (χ2v) is 4.75. The van der Waals surface area contributed by atoms with Crippen molar-refractivity contribution in [1.82, 2.24) is 10.1 Å². The van der Waals surface area contributed by atoms with Gasteiger partial charge in [0.25, 0.3) is 5.95 Å². The molecule has 1 aromatic heterocycles. The highest BCUT2D eigenvalue weighted by Crippen LogP contribution is 2.12. The van der Waals surface area contributed by atoms with Gasteiger partial charge in [-0.05, 0) is 31.3 Å². The second-order valence-electron chi connectivity index (χ2n) is 4.75. The van der Waals surface area contributed by atoms with Crippen molar-refractivity contribution in [3.05, 3.63) is 5.89 Å². The molecule has 0 saturated carbocycles. The highest BCUT2D eigenvalue weighted by molar-refractivity contribution is 5.26. The van der Waals surface area contributed by atoms with E-state index in [1.165, 1.54) is 0 Å². The zero-order valence-corrected chi connectivity index (χ0v) is 11.3. The molecule has 0 aliphatic carbocycles. The summed E-state index contributed by atoms with van der Waals surface area (Å²) < 4.78 is 5.22. The van der Waals surface area contributed by atoms with E-state index >= 15 is 0 Å². The predicted octanol–water partition coefficient (Wildman–Crippen LogP) is 1.83. The maximum Gasteiger partial charge on any atom is 0.266 e. The van der Waals surface area contributed by atoms with Crippen LogP contribution >= 0.6 is 0 Å². The molecule has 1 heterocycles. The summed E-state index contributed by atoms with van der Waals surface area (Å²) in [5, 5.41) is 3.97. The van der Waals surface area contributed by atoms with E-state index in [1.807, 2.05) is 0 Å². The molecule has 5 heteroatoms. The summed E-state index contributed by atoms with van der Waals surface area (Å²) in [4.78, 5) is 6.42. The van der Waals surface area contributed by atoms with Gasteiger partial charge in [0, 0.05) is 25.6 Å². The fraction of sp³-hybridized carbons (Fsp3) is 0.833. The normalized spacial score (nSPS) is 13.1. The summed E-state index contributed by atoms with van der Waals surface area (Å²) in [6.45, 7) is 10.2. The molecule has 1 rings (SSSR count). The molecule has 0 spiro atoms. The number of nitrogens with two attached hydrogens (primary N) is 1. The summed E-state index contributed by atoms with van der Waals surface area (Å²) >= 11 is 0. The number of hydrogen-bond donors (Lipinski definition) is 1. The van der Waals surface area contributed by atoms with Crippen LogP contribution < -0.4 is 10.6 Å². The minimum absolute atomic E-state index is 0.0972. The molecule has 17 heavy (non-hydrogen) atoms. The van der Waals surface area contributed by atoms with Crippen LogP contribution in [0.3, 0.4) is 0 Å². The minimum atomic E-state index is 0.0972. The molecule has 2 N–H and O–H groups in total. The fourth-order valence-electron chi connectivity index (χ4n) is 1.88. The Morgan fingerprint density at radius 2 is 1.94 bits per heavy atom. The molecular weight excluding hydrogens is 216 g/mol. The average molecular weight is 240 g/mol. The van der Waals surface area contributed by atoms with E-state index in [-0.39, 0.29) is 6.04 Å². The number of anilines is 1. The first-order valence-corrected chi connectivity index (χ1v) is 6.39. The molecule has 98 valence electrons. The van der Waals surface area contributed by atoms with Crippen LogP contribution in [-0.2, 0) is 6.42 Å². The smallest absolute Gasteiger partial charge is 0.266 e. The molecule has 1 aromatic rings. The Labute approximate surface area is 103 Å². The van der Waals surface area contributed by atoms with Gasteiger partial charge in [0.05, 0.1) is 0 Å². The molecule has 0 saturated heterocycles. The van der Waals surface area contributed by atoms with Crippen LogP contribution in [-0.4, -0.2) is 29.3 Å². The van der Waals surface area contributed by atoms with Gasteiger partial charge in [-0.25, -0.2) is 0 Å². The Bertz CT molecular complexity index is 320. The van der Waals surface area contributed by atoms with Crippen molar-refractivity contribution < 1.29 is 4.52 Å². The van der Waals surface area contributed by atoms with Crippen LogP contribution in [0.25, 0.3) is 0 Å². The van der Waals surface area contributed by atoms with Crippen molar-refractivity contribution in [3.8, 4) is 0 Å². The van der Waals surface area contributed by atoms with E-state index in [1.54, 1.807) is 0 Å². The standard InChI is InChI=1S/C12H24N4O/c1-5-16(6-2)12-14-11(17-15-12)8-10(13)7-9(3)4/h9-10H,5-8,13H2,1-4H3. The lowest BCUT2D eigenvalue weighted by molar-refractivity contribution is 0.358. The van der Waals surface area contributed by atoms with Crippen LogP contribution in [0.2, 0.25) is 0 Å². The van der Waals surface area contributed by atoms with Gasteiger partial charge in [-0.15, -0.1) is 0 Å². The third-order valence-electron chi connectivity index (χ3n) is 2.71. The predicted molar refractivity (Wildman–Crippen MR) is 69.0 cm³/mol. The van der Waals surface area contributed by atoms with E-state index in [0.717, 1.165) is 19.5 Å². The Balaban J connectivity index is 2.56. The van der Waals surface area contributed by atoms with Gasteiger partial charge in [0.2, 0.25) is 5.89 Å². The molecule has 5 nitrogen and oxygen atoms in total. The van der Waals surface area contributed by atoms with Crippen molar-refractivity contribution in [3.63, 3.8) is 0 Å². The molecular formula is C12H24N4O. The van der Waals surface area contributed by atoms with Gasteiger partial charge in [-0.1, -0.05) is 13.8 Å². The van der Waals surface area contributed by atoms with Gasteiger partial charge in [-0.2, -0.15) is 4.98 Å². The van der Waals surface area contributed by atoms with E-state index < -0.39 is 0 Å². The Morgan fingerprint density at radius 1 is 1.29 bits per heavy atom. The summed E-state index contributed by atoms with van der Waals surface area (Å²) in [6, 6.07) is 0.0972. The summed E-state index contributed by atoms with van der Waals surface area (Å²) in [5.74, 6) is 1.90. The summed E-state index contributed by atoms with van der Waals surface area (Å²) in [7, 11) is 0. The monoisotopic (exact) mass is 240 g/mol.